The fourth-order valence-corrected chi connectivity index (χ4v) is 3.89. The molecule has 1 aromatic heterocycles. The average molecular weight is 425 g/mol. The lowest BCUT2D eigenvalue weighted by atomic mass is 10.1. The van der Waals surface area contributed by atoms with Crippen LogP contribution in [-0.4, -0.2) is 23.2 Å². The number of hydrazone groups is 1. The lowest BCUT2D eigenvalue weighted by molar-refractivity contribution is -0.118. The summed E-state index contributed by atoms with van der Waals surface area (Å²) < 4.78 is 6.66. The molecule has 0 saturated heterocycles. The summed E-state index contributed by atoms with van der Waals surface area (Å²) in [6.45, 7) is 10.1. The molecule has 0 aliphatic heterocycles. The van der Waals surface area contributed by atoms with Crippen LogP contribution in [0.4, 0.5) is 10.8 Å². The number of aromatic nitrogens is 1. The molecule has 0 spiro atoms. The normalized spacial score (nSPS) is 11.6. The van der Waals surface area contributed by atoms with Crippen LogP contribution in [0.5, 0.6) is 5.75 Å². The summed E-state index contributed by atoms with van der Waals surface area (Å²) in [5, 5.41) is 8.06. The molecule has 6 nitrogen and oxygen atoms in total. The van der Waals surface area contributed by atoms with E-state index in [0.717, 1.165) is 50.7 Å². The monoisotopic (exact) mass is 424 g/mol. The van der Waals surface area contributed by atoms with E-state index in [0.29, 0.717) is 5.75 Å². The standard InChI is InChI=1S/C23H28N4O2S/c1-6-15(4)26-27-23-24-19-12-14(3)21(16(5)22(19)30-23)25-20(28)13-29-18-10-8-17(7-2)9-11-18/h8-12H,6-7,13H2,1-5H3,(H,24,27)(H,25,28)/b26-15-. The predicted molar refractivity (Wildman–Crippen MR) is 126 cm³/mol. The molecule has 30 heavy (non-hydrogen) atoms. The maximum absolute atomic E-state index is 12.5. The highest BCUT2D eigenvalue weighted by molar-refractivity contribution is 7.22. The Morgan fingerprint density at radius 2 is 1.93 bits per heavy atom. The van der Waals surface area contributed by atoms with Crippen molar-refractivity contribution >= 4 is 44.0 Å². The molecule has 0 radical (unpaired) electrons. The number of ether oxygens (including phenoxy) is 1. The molecule has 0 atom stereocenters. The lowest BCUT2D eigenvalue weighted by Crippen LogP contribution is -2.21. The Bertz CT molecular complexity index is 1070. The molecule has 2 aromatic carbocycles. The third-order valence-corrected chi connectivity index (χ3v) is 6.03. The van der Waals surface area contributed by atoms with Crippen molar-refractivity contribution in [3.63, 3.8) is 0 Å². The molecule has 0 fully saturated rings. The number of thiazole rings is 1. The molecule has 3 rings (SSSR count). The Morgan fingerprint density at radius 1 is 1.20 bits per heavy atom. The zero-order valence-corrected chi connectivity index (χ0v) is 18.9. The third-order valence-electron chi connectivity index (χ3n) is 4.94. The predicted octanol–water partition coefficient (Wildman–Crippen LogP) is 5.69. The summed E-state index contributed by atoms with van der Waals surface area (Å²) in [7, 11) is 0. The maximum Gasteiger partial charge on any atom is 0.262 e. The van der Waals surface area contributed by atoms with Gasteiger partial charge in [0.15, 0.2) is 6.61 Å². The second-order valence-corrected chi connectivity index (χ2v) is 8.21. The van der Waals surface area contributed by atoms with E-state index < -0.39 is 0 Å². The van der Waals surface area contributed by atoms with Gasteiger partial charge in [0.1, 0.15) is 5.75 Å². The molecule has 0 aliphatic carbocycles. The molecule has 0 saturated carbocycles. The van der Waals surface area contributed by atoms with E-state index in [1.807, 2.05) is 51.1 Å². The molecule has 7 heteroatoms. The highest BCUT2D eigenvalue weighted by Crippen LogP contribution is 2.35. The Kier molecular flexibility index (Phi) is 7.05. The zero-order valence-electron chi connectivity index (χ0n) is 18.1. The maximum atomic E-state index is 12.5. The number of fused-ring (bicyclic) bond motifs is 1. The summed E-state index contributed by atoms with van der Waals surface area (Å²) in [4.78, 5) is 17.1. The van der Waals surface area contributed by atoms with Crippen LogP contribution in [0, 0.1) is 13.8 Å². The Morgan fingerprint density at radius 3 is 2.60 bits per heavy atom. The van der Waals surface area contributed by atoms with E-state index in [1.165, 1.54) is 16.9 Å². The van der Waals surface area contributed by atoms with Crippen molar-refractivity contribution in [2.75, 3.05) is 17.3 Å². The summed E-state index contributed by atoms with van der Waals surface area (Å²) in [6, 6.07) is 9.79. The van der Waals surface area contributed by atoms with Gasteiger partial charge in [-0.3, -0.25) is 10.2 Å². The topological polar surface area (TPSA) is 75.6 Å². The number of aryl methyl sites for hydroxylation is 3. The first kappa shape index (κ1) is 21.8. The van der Waals surface area contributed by atoms with Gasteiger partial charge in [-0.25, -0.2) is 4.98 Å². The van der Waals surface area contributed by atoms with E-state index in [4.69, 9.17) is 4.74 Å². The van der Waals surface area contributed by atoms with Crippen molar-refractivity contribution in [1.82, 2.24) is 4.98 Å². The van der Waals surface area contributed by atoms with E-state index >= 15 is 0 Å². The molecule has 3 aromatic rings. The molecule has 0 unspecified atom stereocenters. The molecule has 0 aliphatic rings. The summed E-state index contributed by atoms with van der Waals surface area (Å²) in [5.74, 6) is 0.499. The molecular formula is C23H28N4O2S. The number of nitrogens with one attached hydrogen (secondary N) is 2. The van der Waals surface area contributed by atoms with E-state index in [2.05, 4.69) is 34.7 Å². The smallest absolute Gasteiger partial charge is 0.262 e. The average Bonchev–Trinajstić information content (AvgIpc) is 3.16. The largest absolute Gasteiger partial charge is 0.484 e. The Hall–Kier alpha value is -2.93. The van der Waals surface area contributed by atoms with Gasteiger partial charge in [-0.05, 0) is 68.5 Å². The van der Waals surface area contributed by atoms with Crippen molar-refractivity contribution in [2.24, 2.45) is 5.10 Å². The minimum absolute atomic E-state index is 0.0388. The number of anilines is 2. The van der Waals surface area contributed by atoms with Crippen LogP contribution in [0.15, 0.2) is 35.4 Å². The number of hydrogen-bond donors (Lipinski definition) is 2. The van der Waals surface area contributed by atoms with Crippen molar-refractivity contribution in [1.29, 1.82) is 0 Å². The van der Waals surface area contributed by atoms with E-state index in [1.54, 1.807) is 0 Å². The summed E-state index contributed by atoms with van der Waals surface area (Å²) in [5.41, 5.74) is 8.93. The van der Waals surface area contributed by atoms with Gasteiger partial charge in [0.25, 0.3) is 5.91 Å². The second kappa shape index (κ2) is 9.71. The van der Waals surface area contributed by atoms with Gasteiger partial charge in [-0.15, -0.1) is 0 Å². The van der Waals surface area contributed by atoms with Gasteiger partial charge in [0, 0.05) is 11.4 Å². The first-order valence-electron chi connectivity index (χ1n) is 10.1. The molecule has 1 amide bonds. The van der Waals surface area contributed by atoms with Crippen LogP contribution < -0.4 is 15.5 Å². The first-order valence-corrected chi connectivity index (χ1v) is 10.9. The zero-order chi connectivity index (χ0) is 21.7. The molecular weight excluding hydrogens is 396 g/mol. The van der Waals surface area contributed by atoms with Crippen LogP contribution in [0.2, 0.25) is 0 Å². The Balaban J connectivity index is 1.72. The molecule has 1 heterocycles. The highest BCUT2D eigenvalue weighted by Gasteiger charge is 2.15. The minimum atomic E-state index is -0.189. The summed E-state index contributed by atoms with van der Waals surface area (Å²) in [6.07, 6.45) is 1.86. The van der Waals surface area contributed by atoms with Gasteiger partial charge >= 0.3 is 0 Å². The quantitative estimate of drug-likeness (QED) is 0.360. The second-order valence-electron chi connectivity index (χ2n) is 7.21. The Labute approximate surface area is 181 Å². The fourth-order valence-electron chi connectivity index (χ4n) is 2.99. The molecule has 0 bridgehead atoms. The summed E-state index contributed by atoms with van der Waals surface area (Å²) >= 11 is 1.53. The highest BCUT2D eigenvalue weighted by atomic mass is 32.1. The lowest BCUT2D eigenvalue weighted by Gasteiger charge is -2.13. The number of benzene rings is 2. The van der Waals surface area contributed by atoms with Gasteiger partial charge in [0.2, 0.25) is 5.13 Å². The SMILES string of the molecule is CC/C(C)=N\Nc1nc2cc(C)c(NC(=O)COc3ccc(CC)cc3)c(C)c2s1. The number of hydrogen-bond acceptors (Lipinski definition) is 6. The van der Waals surface area contributed by atoms with Gasteiger partial charge in [0.05, 0.1) is 10.2 Å². The number of rotatable bonds is 8. The number of carbonyl (C=O) groups is 1. The molecule has 158 valence electrons. The van der Waals surface area contributed by atoms with Crippen LogP contribution in [0.3, 0.4) is 0 Å². The minimum Gasteiger partial charge on any atom is -0.484 e. The van der Waals surface area contributed by atoms with E-state index in [-0.39, 0.29) is 12.5 Å². The van der Waals surface area contributed by atoms with Crippen LogP contribution >= 0.6 is 11.3 Å². The number of nitrogens with zero attached hydrogens (tertiary/aromatic N) is 2. The third kappa shape index (κ3) is 5.16. The van der Waals surface area contributed by atoms with Crippen molar-refractivity contribution < 1.29 is 9.53 Å². The number of carbonyl (C=O) groups excluding carboxylic acids is 1. The van der Waals surface area contributed by atoms with Crippen LogP contribution in [0.1, 0.15) is 43.9 Å². The van der Waals surface area contributed by atoms with Crippen molar-refractivity contribution in [3.05, 3.63) is 47.0 Å². The van der Waals surface area contributed by atoms with Crippen LogP contribution in [-0.2, 0) is 11.2 Å². The van der Waals surface area contributed by atoms with Crippen LogP contribution in [0.25, 0.3) is 10.2 Å². The number of amides is 1. The molecule has 2 N–H and O–H groups in total. The van der Waals surface area contributed by atoms with Gasteiger partial charge < -0.3 is 10.1 Å². The van der Waals surface area contributed by atoms with Gasteiger partial charge in [-0.1, -0.05) is 37.3 Å². The van der Waals surface area contributed by atoms with Crippen molar-refractivity contribution in [2.45, 2.75) is 47.5 Å². The van der Waals surface area contributed by atoms with Crippen molar-refractivity contribution in [3.8, 4) is 5.75 Å². The van der Waals surface area contributed by atoms with E-state index in [9.17, 15) is 4.79 Å². The first-order chi connectivity index (χ1) is 14.4. The van der Waals surface area contributed by atoms with Gasteiger partial charge in [-0.2, -0.15) is 5.10 Å². The fraction of sp³-hybridized carbons (Fsp3) is 0.348.